The highest BCUT2D eigenvalue weighted by Crippen LogP contribution is 2.24. The van der Waals surface area contributed by atoms with Gasteiger partial charge in [0, 0.05) is 6.42 Å². The normalized spacial score (nSPS) is 12.7. The van der Waals surface area contributed by atoms with E-state index in [4.69, 9.17) is 66.8 Å². The van der Waals surface area contributed by atoms with E-state index < -0.39 is 54.9 Å². The Morgan fingerprint density at radius 3 is 1.48 bits per heavy atom. The highest BCUT2D eigenvalue weighted by Gasteiger charge is 2.45. The van der Waals surface area contributed by atoms with Gasteiger partial charge in [-0.3, -0.25) is 9.59 Å². The number of hydrogen-bond donors (Lipinski definition) is 1. The van der Waals surface area contributed by atoms with E-state index in [1.54, 1.807) is 0 Å². The van der Waals surface area contributed by atoms with Gasteiger partial charge in [0.25, 0.3) is 5.91 Å². The number of nitrogens with zero attached hydrogens (tertiary/aromatic N) is 8. The quantitative estimate of drug-likeness (QED) is 0.0556. The van der Waals surface area contributed by atoms with Crippen molar-refractivity contribution >= 4 is 11.7 Å². The number of nitrogens with one attached hydrogen (secondary N) is 1. The van der Waals surface area contributed by atoms with Crippen LogP contribution in [0.1, 0.15) is 44.9 Å². The summed E-state index contributed by atoms with van der Waals surface area (Å²) in [6.07, 6.45) is -4.59. The third kappa shape index (κ3) is 22.0. The van der Waals surface area contributed by atoms with Gasteiger partial charge in [-0.25, -0.2) is 13.1 Å². The average molecular weight is 752 g/mol. The van der Waals surface area contributed by atoms with Gasteiger partial charge < -0.3 is 52.9 Å². The second kappa shape index (κ2) is 32.4. The number of Topliss-reactive ketones (excluding diaryl/α,β-unsaturated/α-hetero) is 1. The first-order chi connectivity index (χ1) is 26.3. The zero-order chi connectivity index (χ0) is 40.2. The highest BCUT2D eigenvalue weighted by atomic mass is 16.6. The van der Waals surface area contributed by atoms with Gasteiger partial charge in [-0.2, -0.15) is 31.6 Å². The maximum Gasteiger partial charge on any atom is 0.254 e. The first-order valence-corrected chi connectivity index (χ1v) is 16.8. The van der Waals surface area contributed by atoms with Crippen LogP contribution in [0.25, 0.3) is 9.69 Å². The molecule has 0 aromatic carbocycles. The molecule has 290 valence electrons. The summed E-state index contributed by atoms with van der Waals surface area (Å²) in [6.45, 7) is 11.4. The molecule has 1 N–H and O–H groups in total. The fourth-order valence-corrected chi connectivity index (χ4v) is 4.39. The summed E-state index contributed by atoms with van der Waals surface area (Å²) in [4.78, 5) is 35.1. The van der Waals surface area contributed by atoms with Crippen LogP contribution in [0, 0.1) is 81.1 Å². The molecule has 0 heterocycles. The molecule has 0 bridgehead atoms. The summed E-state index contributed by atoms with van der Waals surface area (Å²) in [5.41, 5.74) is -3.44. The Hall–Kier alpha value is -5.26. The molecule has 0 saturated heterocycles. The highest BCUT2D eigenvalue weighted by molar-refractivity contribution is 5.93. The molecule has 0 aromatic heterocycles. The van der Waals surface area contributed by atoms with Crippen molar-refractivity contribution in [3.8, 4) is 36.4 Å². The molecule has 0 fully saturated rings. The van der Waals surface area contributed by atoms with E-state index in [0.717, 1.165) is 0 Å². The zero-order valence-corrected chi connectivity index (χ0v) is 30.2. The van der Waals surface area contributed by atoms with Gasteiger partial charge in [0.05, 0.1) is 141 Å². The molecular weight excluding hydrogens is 706 g/mol. The van der Waals surface area contributed by atoms with Crippen molar-refractivity contribution in [2.45, 2.75) is 68.5 Å². The van der Waals surface area contributed by atoms with E-state index in [-0.39, 0.29) is 118 Å². The number of ether oxygens (including phenoxy) is 8. The van der Waals surface area contributed by atoms with E-state index in [0.29, 0.717) is 0 Å². The standard InChI is InChI=1S/C35H45N9O10/c1-42-15-23-50-29-35(54-24-16-43-2,28-49-19-5-11-38)44-33(46)32(52-21-7-13-40)31(51-20-6-12-39)30(45)25-34(53-22-8-14-41,26-47-17-3-9-36)27-48-18-4-10-37/h31-32H,3-8,15-29H2,(H,44,46). The van der Waals surface area contributed by atoms with Gasteiger partial charge in [-0.15, -0.1) is 0 Å². The zero-order valence-electron chi connectivity index (χ0n) is 30.2. The number of hydrogen-bond acceptors (Lipinski definition) is 16. The van der Waals surface area contributed by atoms with Crippen LogP contribution >= 0.6 is 0 Å². The number of rotatable bonds is 34. The predicted octanol–water partition coefficient (Wildman–Crippen LogP) is 1.69. The second-order valence-corrected chi connectivity index (χ2v) is 11.0. The molecule has 3 unspecified atom stereocenters. The van der Waals surface area contributed by atoms with Gasteiger partial charge in [0.1, 0.15) is 18.8 Å². The van der Waals surface area contributed by atoms with Crippen LogP contribution in [0.5, 0.6) is 0 Å². The molecule has 0 radical (unpaired) electrons. The Labute approximate surface area is 315 Å². The third-order valence-corrected chi connectivity index (χ3v) is 6.75. The van der Waals surface area contributed by atoms with Crippen LogP contribution in [0.15, 0.2) is 0 Å². The molecule has 0 rings (SSSR count). The smallest absolute Gasteiger partial charge is 0.254 e. The lowest BCUT2D eigenvalue weighted by Gasteiger charge is -2.37. The molecule has 0 aliphatic carbocycles. The Morgan fingerprint density at radius 1 is 0.556 bits per heavy atom. The topological polar surface area (TPSA) is 271 Å². The van der Waals surface area contributed by atoms with Gasteiger partial charge in [0.2, 0.25) is 13.1 Å². The molecule has 0 spiro atoms. The van der Waals surface area contributed by atoms with Crippen molar-refractivity contribution in [2.75, 3.05) is 92.4 Å². The van der Waals surface area contributed by atoms with Crippen molar-refractivity contribution < 1.29 is 47.5 Å². The fourth-order valence-electron chi connectivity index (χ4n) is 4.39. The van der Waals surface area contributed by atoms with Gasteiger partial charge in [-0.05, 0) is 0 Å². The summed E-state index contributed by atoms with van der Waals surface area (Å²) in [5, 5.41) is 57.3. The Balaban J connectivity index is 7.03. The summed E-state index contributed by atoms with van der Waals surface area (Å²) >= 11 is 0. The first kappa shape index (κ1) is 48.7. The molecular formula is C35H45N9O10. The summed E-state index contributed by atoms with van der Waals surface area (Å²) in [6, 6.07) is 11.5. The minimum atomic E-state index is -1.83. The van der Waals surface area contributed by atoms with Gasteiger partial charge >= 0.3 is 0 Å². The predicted molar refractivity (Wildman–Crippen MR) is 182 cm³/mol. The minimum Gasteiger partial charge on any atom is -0.377 e. The Bertz CT molecular complexity index is 1290. The summed E-state index contributed by atoms with van der Waals surface area (Å²) in [7, 11) is 0. The molecule has 0 aliphatic heterocycles. The molecule has 19 heteroatoms. The van der Waals surface area contributed by atoms with Crippen LogP contribution in [-0.4, -0.2) is 128 Å². The molecule has 54 heavy (non-hydrogen) atoms. The van der Waals surface area contributed by atoms with Crippen LogP contribution < -0.4 is 5.32 Å². The average Bonchev–Trinajstić information content (AvgIpc) is 3.16. The van der Waals surface area contributed by atoms with Gasteiger partial charge in [-0.1, -0.05) is 0 Å². The van der Waals surface area contributed by atoms with Crippen molar-refractivity contribution in [1.82, 2.24) is 5.32 Å². The van der Waals surface area contributed by atoms with Crippen LogP contribution in [0.2, 0.25) is 0 Å². The molecule has 0 aliphatic rings. The van der Waals surface area contributed by atoms with Crippen LogP contribution in [0.4, 0.5) is 0 Å². The lowest BCUT2D eigenvalue weighted by Crippen LogP contribution is -2.62. The molecule has 0 saturated carbocycles. The molecule has 3 atom stereocenters. The molecule has 0 aromatic rings. The maximum atomic E-state index is 14.3. The Morgan fingerprint density at radius 2 is 0.981 bits per heavy atom. The van der Waals surface area contributed by atoms with Crippen molar-refractivity contribution in [3.63, 3.8) is 0 Å². The lowest BCUT2D eigenvalue weighted by atomic mass is 9.93. The first-order valence-electron chi connectivity index (χ1n) is 16.8. The molecule has 19 nitrogen and oxygen atoms in total. The largest absolute Gasteiger partial charge is 0.377 e. The van der Waals surface area contributed by atoms with E-state index in [1.807, 2.05) is 36.4 Å². The maximum absolute atomic E-state index is 14.3. The van der Waals surface area contributed by atoms with Crippen LogP contribution in [0.3, 0.4) is 0 Å². The number of ketones is 1. The number of carbonyl (C=O) groups is 2. The third-order valence-electron chi connectivity index (χ3n) is 6.75. The van der Waals surface area contributed by atoms with Gasteiger partial charge in [0.15, 0.2) is 23.7 Å². The monoisotopic (exact) mass is 751 g/mol. The van der Waals surface area contributed by atoms with E-state index in [1.165, 1.54) is 0 Å². The van der Waals surface area contributed by atoms with E-state index >= 15 is 0 Å². The van der Waals surface area contributed by atoms with Crippen molar-refractivity contribution in [1.29, 1.82) is 31.6 Å². The summed E-state index contributed by atoms with van der Waals surface area (Å²) < 4.78 is 46.1. The minimum absolute atomic E-state index is 0.00744. The SMILES string of the molecule is [C-]#[N+]CCOCC(COCCC#N)(NC(=O)C(OCCC#N)C(OCCC#N)C(=O)CC(COCCC#N)(COCCC#N)OCCC#N)OCC[N+]#[C-]. The number of carbonyl (C=O) groups excluding carboxylic acids is 2. The number of amides is 1. The van der Waals surface area contributed by atoms with E-state index in [2.05, 4.69) is 15.0 Å². The second-order valence-electron chi connectivity index (χ2n) is 11.0. The number of nitriles is 6. The fraction of sp³-hybridized carbons (Fsp3) is 0.714. The lowest BCUT2D eigenvalue weighted by molar-refractivity contribution is -0.180. The molecule has 1 amide bonds. The Kier molecular flexibility index (Phi) is 29.2. The van der Waals surface area contributed by atoms with E-state index in [9.17, 15) is 25.4 Å². The summed E-state index contributed by atoms with van der Waals surface area (Å²) in [5.74, 6) is -1.80. The van der Waals surface area contributed by atoms with Crippen LogP contribution in [-0.2, 0) is 47.5 Å². The van der Waals surface area contributed by atoms with Crippen molar-refractivity contribution in [3.05, 3.63) is 22.8 Å². The van der Waals surface area contributed by atoms with Crippen molar-refractivity contribution in [2.24, 2.45) is 0 Å².